The Morgan fingerprint density at radius 2 is 2.10 bits per heavy atom. The number of nitrogens with two attached hydrogens (primary N) is 2. The first-order valence-corrected chi connectivity index (χ1v) is 13.4. The maximum Gasteiger partial charge on any atom is 0.350 e. The van der Waals surface area contributed by atoms with Crippen molar-refractivity contribution in [2.75, 3.05) is 23.8 Å². The number of carbonyl (C=O) groups excluding carboxylic acids is 3. The zero-order chi connectivity index (χ0) is 29.4. The van der Waals surface area contributed by atoms with Crippen LogP contribution in [0.25, 0.3) is 0 Å². The van der Waals surface area contributed by atoms with Gasteiger partial charge < -0.3 is 41.7 Å². The molecule has 1 saturated heterocycles. The van der Waals surface area contributed by atoms with Crippen molar-refractivity contribution in [3.05, 3.63) is 29.4 Å². The standard InChI is InChI=1S/C21H25N9O8S2/c1-21(2,19(36)37)38-26-11(14-25-20(23)40-27-14)15(32)24-12-16(33)30-13(18(34)35)9(8-39-17(12)30)7-28-4-3-10(22)29(28)5-6-31/h3-4,12,17,22,31H,5-8H2,1-2H3,(H5,23,24,25,27,32,34,35,36,37)/b26-11-/t12-,17-/m1/s1. The van der Waals surface area contributed by atoms with Gasteiger partial charge in [0.05, 0.1) is 24.3 Å². The highest BCUT2D eigenvalue weighted by atomic mass is 32.2. The Hall–Kier alpha value is -4.23. The second-order valence-electron chi connectivity index (χ2n) is 9.09. The summed E-state index contributed by atoms with van der Waals surface area (Å²) in [6, 6.07) is 0.447. The summed E-state index contributed by atoms with van der Waals surface area (Å²) in [6.45, 7) is 2.46. The molecule has 2 aromatic rings. The third kappa shape index (κ3) is 5.42. The number of aliphatic hydroxyl groups is 1. The quantitative estimate of drug-likeness (QED) is 0.0731. The molecule has 2 aliphatic rings. The Morgan fingerprint density at radius 3 is 2.70 bits per heavy atom. The van der Waals surface area contributed by atoms with E-state index < -0.39 is 46.5 Å². The summed E-state index contributed by atoms with van der Waals surface area (Å²) in [6.07, 6.45) is 1.62. The number of amides is 2. The van der Waals surface area contributed by atoms with Crippen LogP contribution >= 0.6 is 23.3 Å². The highest BCUT2D eigenvalue weighted by Gasteiger charge is 2.53. The zero-order valence-electron chi connectivity index (χ0n) is 21.1. The van der Waals surface area contributed by atoms with E-state index in [4.69, 9.17) is 16.3 Å². The second kappa shape index (κ2) is 11.1. The number of carboxylic acid groups (broad SMARTS) is 2. The summed E-state index contributed by atoms with van der Waals surface area (Å²) >= 11 is 1.97. The molecular formula is C21H25N9O8S2. The molecule has 0 unspecified atom stereocenters. The summed E-state index contributed by atoms with van der Waals surface area (Å²) in [4.78, 5) is 59.7. The predicted octanol–water partition coefficient (Wildman–Crippen LogP) is -3.53. The van der Waals surface area contributed by atoms with Crippen LogP contribution in [0.2, 0.25) is 0 Å². The largest absolute Gasteiger partial charge is 0.543 e. The van der Waals surface area contributed by atoms with Gasteiger partial charge in [0.2, 0.25) is 17.1 Å². The van der Waals surface area contributed by atoms with Crippen LogP contribution in [0.5, 0.6) is 0 Å². The number of anilines is 2. The number of β-lactam (4-membered cyclic amide) rings is 1. The number of nitrogens with zero attached hydrogens (tertiary/aromatic N) is 6. The molecule has 0 bridgehead atoms. The Labute approximate surface area is 234 Å². The van der Waals surface area contributed by atoms with Gasteiger partial charge in [0, 0.05) is 22.9 Å². The molecule has 1 fully saturated rings. The summed E-state index contributed by atoms with van der Waals surface area (Å²) < 4.78 is 7.08. The van der Waals surface area contributed by atoms with Crippen LogP contribution in [0.1, 0.15) is 19.7 Å². The lowest BCUT2D eigenvalue weighted by Crippen LogP contribution is -2.71. The normalized spacial score (nSPS) is 19.2. The molecule has 2 amide bonds. The Morgan fingerprint density at radius 1 is 1.38 bits per heavy atom. The van der Waals surface area contributed by atoms with Crippen LogP contribution in [0.4, 0.5) is 10.9 Å². The van der Waals surface area contributed by atoms with Crippen LogP contribution in [0.3, 0.4) is 0 Å². The third-order valence-electron chi connectivity index (χ3n) is 5.97. The summed E-state index contributed by atoms with van der Waals surface area (Å²) in [5.74, 6) is -4.31. The van der Waals surface area contributed by atoms with E-state index in [1.54, 1.807) is 21.6 Å². The fourth-order valence-corrected chi connectivity index (χ4v) is 5.65. The smallest absolute Gasteiger partial charge is 0.350 e. The van der Waals surface area contributed by atoms with E-state index in [-0.39, 0.29) is 42.1 Å². The molecule has 0 radical (unpaired) electrons. The number of rotatable bonds is 11. The zero-order valence-corrected chi connectivity index (χ0v) is 22.8. The number of nitrogen functional groups attached to an aromatic ring is 2. The third-order valence-corrected chi connectivity index (χ3v) is 7.85. The van der Waals surface area contributed by atoms with E-state index in [9.17, 15) is 34.5 Å². The molecule has 2 aliphatic heterocycles. The van der Waals surface area contributed by atoms with Crippen molar-refractivity contribution in [1.29, 1.82) is 0 Å². The van der Waals surface area contributed by atoms with Crippen molar-refractivity contribution in [2.45, 2.75) is 44.0 Å². The van der Waals surface area contributed by atoms with Crippen molar-refractivity contribution in [3.63, 3.8) is 0 Å². The van der Waals surface area contributed by atoms with Crippen molar-refractivity contribution >= 4 is 63.7 Å². The lowest BCUT2D eigenvalue weighted by Gasteiger charge is -2.50. The molecule has 0 aliphatic carbocycles. The van der Waals surface area contributed by atoms with E-state index in [0.29, 0.717) is 11.4 Å². The first-order valence-electron chi connectivity index (χ1n) is 11.6. The van der Waals surface area contributed by atoms with Crippen molar-refractivity contribution in [3.8, 4) is 0 Å². The predicted molar refractivity (Wildman–Crippen MR) is 137 cm³/mol. The highest BCUT2D eigenvalue weighted by molar-refractivity contribution is 8.00. The van der Waals surface area contributed by atoms with Crippen LogP contribution in [-0.2, 0) is 37.1 Å². The van der Waals surface area contributed by atoms with Gasteiger partial charge in [-0.25, -0.2) is 4.79 Å². The van der Waals surface area contributed by atoms with Crippen molar-refractivity contribution in [1.82, 2.24) is 24.3 Å². The number of nitrogens with one attached hydrogen (secondary N) is 1. The van der Waals surface area contributed by atoms with Gasteiger partial charge in [-0.15, -0.1) is 21.1 Å². The van der Waals surface area contributed by atoms with Crippen LogP contribution in [-0.4, -0.2) is 88.0 Å². The minimum atomic E-state index is -1.81. The van der Waals surface area contributed by atoms with Gasteiger partial charge in [0.15, 0.2) is 23.7 Å². The molecule has 4 rings (SSSR count). The monoisotopic (exact) mass is 595 g/mol. The maximum absolute atomic E-state index is 13.1. The molecule has 2 aromatic heterocycles. The van der Waals surface area contributed by atoms with Gasteiger partial charge >= 0.3 is 5.97 Å². The van der Waals surface area contributed by atoms with E-state index in [1.165, 1.54) is 25.6 Å². The first-order chi connectivity index (χ1) is 18.9. The summed E-state index contributed by atoms with van der Waals surface area (Å²) in [5, 5.41) is 36.0. The Kier molecular flexibility index (Phi) is 7.98. The van der Waals surface area contributed by atoms with E-state index in [1.807, 2.05) is 0 Å². The van der Waals surface area contributed by atoms with E-state index in [0.717, 1.165) is 16.4 Å². The van der Waals surface area contributed by atoms with Gasteiger partial charge in [-0.1, -0.05) is 5.16 Å². The SMILES string of the molecule is CC(C)(O/N=C(\C(=O)N[C@@H]1C(=O)N2C(C(=O)[O-])=C(C[n+]3ccc(N)n3CCO)CS[C@H]12)c1nsc(N)n1)C(=O)O. The number of thioether (sulfide) groups is 1. The fourth-order valence-electron chi connectivity index (χ4n) is 3.88. The molecule has 4 heterocycles. The number of aliphatic carboxylic acids is 2. The first kappa shape index (κ1) is 28.8. The number of oxime groups is 1. The molecule has 40 heavy (non-hydrogen) atoms. The van der Waals surface area contributed by atoms with E-state index in [2.05, 4.69) is 19.8 Å². The fraction of sp³-hybridized carbons (Fsp3) is 0.429. The number of fused-ring (bicyclic) bond motifs is 1. The number of hydrogen-bond acceptors (Lipinski definition) is 14. The average Bonchev–Trinajstić information content (AvgIpc) is 3.47. The van der Waals surface area contributed by atoms with Gasteiger partial charge in [-0.2, -0.15) is 9.36 Å². The summed E-state index contributed by atoms with van der Waals surface area (Å²) in [7, 11) is 0. The number of aromatic nitrogens is 4. The maximum atomic E-state index is 13.1. The van der Waals surface area contributed by atoms with Gasteiger partial charge in [0.25, 0.3) is 11.8 Å². The average molecular weight is 596 g/mol. The Bertz CT molecular complexity index is 1430. The molecule has 7 N–H and O–H groups in total. The molecular weight excluding hydrogens is 570 g/mol. The molecule has 214 valence electrons. The minimum absolute atomic E-state index is 0.00255. The van der Waals surface area contributed by atoms with Gasteiger partial charge in [-0.05, 0) is 13.8 Å². The van der Waals surface area contributed by atoms with Crippen molar-refractivity contribution < 1.29 is 44.0 Å². The van der Waals surface area contributed by atoms with Crippen LogP contribution in [0, 0.1) is 0 Å². The molecule has 0 spiro atoms. The van der Waals surface area contributed by atoms with Crippen molar-refractivity contribution in [2.24, 2.45) is 5.16 Å². The molecule has 0 aromatic carbocycles. The number of carbonyl (C=O) groups is 4. The number of hydrogen-bond donors (Lipinski definition) is 5. The summed E-state index contributed by atoms with van der Waals surface area (Å²) in [5.41, 5.74) is 9.24. The molecule has 2 atom stereocenters. The van der Waals surface area contributed by atoms with Crippen LogP contribution < -0.4 is 26.6 Å². The van der Waals surface area contributed by atoms with Crippen LogP contribution in [0.15, 0.2) is 28.7 Å². The number of carboxylic acids is 2. The topological polar surface area (TPSA) is 255 Å². The lowest BCUT2D eigenvalue weighted by molar-refractivity contribution is -0.767. The molecule has 19 heteroatoms. The van der Waals surface area contributed by atoms with E-state index >= 15 is 0 Å². The van der Waals surface area contributed by atoms with Gasteiger partial charge in [0.1, 0.15) is 18.0 Å². The molecule has 17 nitrogen and oxygen atoms in total. The number of aliphatic hydroxyl groups excluding tert-OH is 1. The highest BCUT2D eigenvalue weighted by Crippen LogP contribution is 2.40. The minimum Gasteiger partial charge on any atom is -0.543 e. The molecule has 0 saturated carbocycles. The Balaban J connectivity index is 1.56. The second-order valence-corrected chi connectivity index (χ2v) is 11.0. The lowest BCUT2D eigenvalue weighted by atomic mass is 10.0. The van der Waals surface area contributed by atoms with Gasteiger partial charge in [-0.3, -0.25) is 14.5 Å².